The lowest BCUT2D eigenvalue weighted by Gasteiger charge is -2.18. The first-order valence-corrected chi connectivity index (χ1v) is 7.49. The average molecular weight is 310 g/mol. The molecule has 2 aromatic heterocycles. The molecule has 21 heavy (non-hydrogen) atoms. The highest BCUT2D eigenvalue weighted by Crippen LogP contribution is 2.13. The van der Waals surface area contributed by atoms with Crippen molar-refractivity contribution in [3.8, 4) is 0 Å². The van der Waals surface area contributed by atoms with Crippen LogP contribution in [-0.2, 0) is 6.42 Å². The molecule has 0 atom stereocenters. The molecule has 2 aromatic rings. The molecule has 2 rings (SSSR count). The van der Waals surface area contributed by atoms with Gasteiger partial charge in [0, 0.05) is 38.4 Å². The molecule has 0 aliphatic carbocycles. The number of hydrogen-bond donors (Lipinski definition) is 2. The third kappa shape index (κ3) is 4.56. The summed E-state index contributed by atoms with van der Waals surface area (Å²) < 4.78 is 0. The van der Waals surface area contributed by atoms with E-state index in [-0.39, 0.29) is 5.28 Å². The predicted octanol–water partition coefficient (Wildman–Crippen LogP) is 2.14. The molecule has 0 aliphatic rings. The maximum Gasteiger partial charge on any atom is 0.231 e. The molecule has 0 bridgehead atoms. The zero-order valence-electron chi connectivity index (χ0n) is 12.3. The standard InChI is InChI=1S/C13H20ClN7/c1-3-21(4-2)13-19-11(14)18-12(20-13)17-7-5-6-10-15-8-9-16-10/h8-9H,3-7H2,1-2H3,(H,15,16)(H,17,18,19,20). The highest BCUT2D eigenvalue weighted by atomic mass is 35.5. The van der Waals surface area contributed by atoms with E-state index in [1.165, 1.54) is 0 Å². The number of nitrogens with zero attached hydrogens (tertiary/aromatic N) is 5. The first kappa shape index (κ1) is 15.5. The van der Waals surface area contributed by atoms with Crippen LogP contribution in [0.4, 0.5) is 11.9 Å². The quantitative estimate of drug-likeness (QED) is 0.727. The van der Waals surface area contributed by atoms with Crippen molar-refractivity contribution in [3.05, 3.63) is 23.5 Å². The van der Waals surface area contributed by atoms with E-state index in [9.17, 15) is 0 Å². The van der Waals surface area contributed by atoms with E-state index in [1.54, 1.807) is 6.20 Å². The third-order valence-electron chi connectivity index (χ3n) is 3.07. The predicted molar refractivity (Wildman–Crippen MR) is 83.8 cm³/mol. The van der Waals surface area contributed by atoms with Crippen molar-refractivity contribution in [1.29, 1.82) is 0 Å². The van der Waals surface area contributed by atoms with Gasteiger partial charge in [-0.3, -0.25) is 0 Å². The number of rotatable bonds is 8. The molecule has 7 nitrogen and oxygen atoms in total. The molecule has 0 aromatic carbocycles. The van der Waals surface area contributed by atoms with E-state index in [0.717, 1.165) is 38.3 Å². The van der Waals surface area contributed by atoms with Gasteiger partial charge in [-0.1, -0.05) is 0 Å². The van der Waals surface area contributed by atoms with Crippen LogP contribution in [0.3, 0.4) is 0 Å². The molecule has 2 heterocycles. The van der Waals surface area contributed by atoms with E-state index < -0.39 is 0 Å². The Balaban J connectivity index is 1.90. The molecule has 114 valence electrons. The van der Waals surface area contributed by atoms with Crippen LogP contribution in [0.15, 0.2) is 12.4 Å². The number of anilines is 2. The SMILES string of the molecule is CCN(CC)c1nc(Cl)nc(NCCCc2ncc[nH]2)n1. The van der Waals surface area contributed by atoms with Gasteiger partial charge in [-0.25, -0.2) is 4.98 Å². The van der Waals surface area contributed by atoms with Gasteiger partial charge in [0.25, 0.3) is 0 Å². The van der Waals surface area contributed by atoms with E-state index in [1.807, 2.05) is 11.1 Å². The Bertz CT molecular complexity index is 539. The summed E-state index contributed by atoms with van der Waals surface area (Å²) in [5, 5.41) is 3.39. The van der Waals surface area contributed by atoms with Gasteiger partial charge in [0.2, 0.25) is 17.2 Å². The first-order valence-electron chi connectivity index (χ1n) is 7.11. The van der Waals surface area contributed by atoms with E-state index in [2.05, 4.69) is 44.1 Å². The summed E-state index contributed by atoms with van der Waals surface area (Å²) in [4.78, 5) is 21.9. The van der Waals surface area contributed by atoms with Crippen molar-refractivity contribution in [3.63, 3.8) is 0 Å². The topological polar surface area (TPSA) is 82.6 Å². The molecule has 0 spiro atoms. The van der Waals surface area contributed by atoms with Gasteiger partial charge in [-0.2, -0.15) is 15.0 Å². The highest BCUT2D eigenvalue weighted by molar-refractivity contribution is 6.28. The van der Waals surface area contributed by atoms with Gasteiger partial charge in [0.15, 0.2) is 0 Å². The minimum Gasteiger partial charge on any atom is -0.354 e. The fraction of sp³-hybridized carbons (Fsp3) is 0.538. The van der Waals surface area contributed by atoms with Crippen LogP contribution in [0.1, 0.15) is 26.1 Å². The summed E-state index contributed by atoms with van der Waals surface area (Å²) in [5.41, 5.74) is 0. The molecule has 0 fully saturated rings. The zero-order chi connectivity index (χ0) is 15.1. The van der Waals surface area contributed by atoms with Crippen molar-refractivity contribution in [2.24, 2.45) is 0 Å². The fourth-order valence-electron chi connectivity index (χ4n) is 1.96. The lowest BCUT2D eigenvalue weighted by Crippen LogP contribution is -2.25. The van der Waals surface area contributed by atoms with Crippen LogP contribution < -0.4 is 10.2 Å². The van der Waals surface area contributed by atoms with Crippen LogP contribution in [0.2, 0.25) is 5.28 Å². The maximum atomic E-state index is 5.96. The summed E-state index contributed by atoms with van der Waals surface area (Å²) in [5.74, 6) is 2.10. The van der Waals surface area contributed by atoms with Crippen molar-refractivity contribution >= 4 is 23.5 Å². The van der Waals surface area contributed by atoms with Crippen molar-refractivity contribution in [2.45, 2.75) is 26.7 Å². The number of H-pyrrole nitrogens is 1. The van der Waals surface area contributed by atoms with E-state index in [4.69, 9.17) is 11.6 Å². The Kier molecular flexibility index (Phi) is 5.74. The Morgan fingerprint density at radius 2 is 2.05 bits per heavy atom. The molecule has 2 N–H and O–H groups in total. The number of aryl methyl sites for hydroxylation is 1. The van der Waals surface area contributed by atoms with Crippen LogP contribution in [-0.4, -0.2) is 44.6 Å². The number of halogens is 1. The van der Waals surface area contributed by atoms with Gasteiger partial charge >= 0.3 is 0 Å². The maximum absolute atomic E-state index is 5.96. The summed E-state index contributed by atoms with van der Waals surface area (Å²) in [7, 11) is 0. The largest absolute Gasteiger partial charge is 0.354 e. The Hall–Kier alpha value is -1.89. The minimum absolute atomic E-state index is 0.209. The number of aromatic amines is 1. The highest BCUT2D eigenvalue weighted by Gasteiger charge is 2.09. The van der Waals surface area contributed by atoms with Gasteiger partial charge in [0.05, 0.1) is 0 Å². The molecular formula is C13H20ClN7. The third-order valence-corrected chi connectivity index (χ3v) is 3.24. The first-order chi connectivity index (χ1) is 10.2. The summed E-state index contributed by atoms with van der Waals surface area (Å²) in [6.07, 6.45) is 5.38. The number of aromatic nitrogens is 5. The lowest BCUT2D eigenvalue weighted by molar-refractivity contribution is 0.794. The second-order valence-electron chi connectivity index (χ2n) is 4.47. The molecule has 0 amide bonds. The summed E-state index contributed by atoms with van der Waals surface area (Å²) in [6.45, 7) is 6.51. The average Bonchev–Trinajstić information content (AvgIpc) is 2.98. The van der Waals surface area contributed by atoms with Gasteiger partial charge in [-0.15, -0.1) is 0 Å². The molecule has 0 saturated heterocycles. The van der Waals surface area contributed by atoms with Crippen molar-refractivity contribution < 1.29 is 0 Å². The van der Waals surface area contributed by atoms with E-state index in [0.29, 0.717) is 11.9 Å². The number of hydrogen-bond acceptors (Lipinski definition) is 6. The Morgan fingerprint density at radius 3 is 2.71 bits per heavy atom. The zero-order valence-corrected chi connectivity index (χ0v) is 13.1. The normalized spacial score (nSPS) is 10.6. The van der Waals surface area contributed by atoms with E-state index >= 15 is 0 Å². The second kappa shape index (κ2) is 7.78. The van der Waals surface area contributed by atoms with Gasteiger partial charge in [-0.05, 0) is 31.9 Å². The monoisotopic (exact) mass is 309 g/mol. The molecule has 8 heteroatoms. The summed E-state index contributed by atoms with van der Waals surface area (Å²) >= 11 is 5.96. The number of imidazole rings is 1. The fourth-order valence-corrected chi connectivity index (χ4v) is 2.11. The number of nitrogens with one attached hydrogen (secondary N) is 2. The molecule has 0 unspecified atom stereocenters. The van der Waals surface area contributed by atoms with Crippen LogP contribution >= 0.6 is 11.6 Å². The van der Waals surface area contributed by atoms with Gasteiger partial charge < -0.3 is 15.2 Å². The minimum atomic E-state index is 0.209. The van der Waals surface area contributed by atoms with Gasteiger partial charge in [0.1, 0.15) is 5.82 Å². The Morgan fingerprint density at radius 1 is 1.24 bits per heavy atom. The lowest BCUT2D eigenvalue weighted by atomic mass is 10.3. The molecule has 0 saturated carbocycles. The smallest absolute Gasteiger partial charge is 0.231 e. The molecule has 0 radical (unpaired) electrons. The van der Waals surface area contributed by atoms with Crippen LogP contribution in [0.5, 0.6) is 0 Å². The molecule has 0 aliphatic heterocycles. The Labute approximate surface area is 129 Å². The summed E-state index contributed by atoms with van der Waals surface area (Å²) in [6, 6.07) is 0. The van der Waals surface area contributed by atoms with Crippen LogP contribution in [0, 0.1) is 0 Å². The van der Waals surface area contributed by atoms with Crippen molar-refractivity contribution in [2.75, 3.05) is 29.9 Å². The second-order valence-corrected chi connectivity index (χ2v) is 4.80. The van der Waals surface area contributed by atoms with Crippen LogP contribution in [0.25, 0.3) is 0 Å². The molecular weight excluding hydrogens is 290 g/mol. The van der Waals surface area contributed by atoms with Crippen molar-refractivity contribution in [1.82, 2.24) is 24.9 Å².